The molecule has 1 aliphatic carbocycles. The van der Waals surface area contributed by atoms with Gasteiger partial charge in [0.1, 0.15) is 18.0 Å². The Hall–Kier alpha value is -5.42. The van der Waals surface area contributed by atoms with E-state index in [4.69, 9.17) is 19.4 Å². The number of pyridine rings is 4. The van der Waals surface area contributed by atoms with Crippen LogP contribution in [-0.4, -0.2) is 62.7 Å². The maximum Gasteiger partial charge on any atom is 0.343 e. The smallest absolute Gasteiger partial charge is 0.343 e. The molecule has 6 aromatic rings. The first-order valence-electron chi connectivity index (χ1n) is 22.3. The molecule has 4 N–H and O–H groups in total. The number of aliphatic hydroxyl groups excluding tert-OH is 1. The highest BCUT2D eigenvalue weighted by Crippen LogP contribution is 2.47. The monoisotopic (exact) mass is 883 g/mol. The number of rotatable bonds is 7. The van der Waals surface area contributed by atoms with Crippen molar-refractivity contribution in [3.8, 4) is 22.8 Å². The standard InChI is InChI=1S/C49H50FN5O8Si/c1-6-48(60)31-15-38-42-27(19-55(38)43(56)28(31)20-62-45(48)58)40-35(12-11-24-23(2)33(50)17-36(53-42)39(24)40)51-14-13-49(61)32-16-37-41-26(18-54(37)44(57)29(32)21-63-46(49)59)30(22-64-47(3,4)5)25-9-7-8-10-34(25)52-41/h7-10,15-17,35,46,51,59-61H,6,11-14,18-22,64H2,1-5H3/t35?,46?,48-,49-/m0/s1. The van der Waals surface area contributed by atoms with E-state index in [0.29, 0.717) is 58.7 Å². The SMILES string of the molecule is CC[C@@]1(O)C(=O)OCc2c1cc1n(c2=O)Cc2c-1nc1cc(F)c(C)c3c1c2C(NCC[C@]1(O)c2cc4n(c(=O)c2COC1O)Cc1c-4nc2ccccc2c1C[SiH2]C(C)(C)C)CC3. The molecule has 2 aromatic carbocycles. The molecular weight excluding hydrogens is 834 g/mol. The number of ether oxygens (including phenoxy) is 2. The molecule has 15 heteroatoms. The number of hydrogen-bond acceptors (Lipinski definition) is 11. The molecular formula is C49H50FN5O8Si. The van der Waals surface area contributed by atoms with E-state index in [1.165, 1.54) is 11.6 Å². The first-order valence-corrected chi connectivity index (χ1v) is 24.0. The third-order valence-corrected chi connectivity index (χ3v) is 17.0. The molecule has 13 nitrogen and oxygen atoms in total. The minimum Gasteiger partial charge on any atom is -0.458 e. The third-order valence-electron chi connectivity index (χ3n) is 14.7. The van der Waals surface area contributed by atoms with Gasteiger partial charge in [-0.1, -0.05) is 45.9 Å². The van der Waals surface area contributed by atoms with Gasteiger partial charge in [0.2, 0.25) is 0 Å². The minimum atomic E-state index is -2.00. The van der Waals surface area contributed by atoms with Crippen molar-refractivity contribution in [1.29, 1.82) is 0 Å². The molecule has 0 amide bonds. The van der Waals surface area contributed by atoms with Crippen LogP contribution in [0, 0.1) is 12.7 Å². The Labute approximate surface area is 369 Å². The van der Waals surface area contributed by atoms with E-state index in [9.17, 15) is 29.7 Å². The van der Waals surface area contributed by atoms with Crippen molar-refractivity contribution in [1.82, 2.24) is 24.4 Å². The summed E-state index contributed by atoms with van der Waals surface area (Å²) in [4.78, 5) is 51.5. The van der Waals surface area contributed by atoms with Gasteiger partial charge in [0, 0.05) is 60.2 Å². The molecule has 11 rings (SSSR count). The number of benzene rings is 2. The summed E-state index contributed by atoms with van der Waals surface area (Å²) >= 11 is 0. The van der Waals surface area contributed by atoms with Gasteiger partial charge in [-0.3, -0.25) is 9.59 Å². The van der Waals surface area contributed by atoms with Crippen LogP contribution in [0.25, 0.3) is 44.6 Å². The molecule has 0 spiro atoms. The molecule has 0 saturated carbocycles. The van der Waals surface area contributed by atoms with Crippen molar-refractivity contribution < 1.29 is 34.0 Å². The molecule has 4 aliphatic heterocycles. The van der Waals surface area contributed by atoms with Crippen LogP contribution in [0.15, 0.2) is 52.1 Å². The maximum atomic E-state index is 15.6. The lowest BCUT2D eigenvalue weighted by molar-refractivity contribution is -0.237. The van der Waals surface area contributed by atoms with Gasteiger partial charge in [0.15, 0.2) is 11.9 Å². The van der Waals surface area contributed by atoms with Gasteiger partial charge in [-0.25, -0.2) is 19.2 Å². The Balaban J connectivity index is 0.966. The van der Waals surface area contributed by atoms with E-state index >= 15 is 4.39 Å². The molecule has 0 bridgehead atoms. The summed E-state index contributed by atoms with van der Waals surface area (Å²) < 4.78 is 29.9. The number of aromatic nitrogens is 4. The lowest BCUT2D eigenvalue weighted by Gasteiger charge is -2.39. The number of cyclic esters (lactones) is 1. The van der Waals surface area contributed by atoms with Gasteiger partial charge in [-0.2, -0.15) is 0 Å². The topological polar surface area (TPSA) is 178 Å². The van der Waals surface area contributed by atoms with E-state index < -0.39 is 38.5 Å². The number of esters is 1. The minimum absolute atomic E-state index is 0.0000542. The van der Waals surface area contributed by atoms with Crippen molar-refractivity contribution in [3.63, 3.8) is 0 Å². The Kier molecular flexibility index (Phi) is 9.22. The Morgan fingerprint density at radius 2 is 1.58 bits per heavy atom. The second kappa shape index (κ2) is 14.3. The fourth-order valence-electron chi connectivity index (χ4n) is 11.1. The lowest BCUT2D eigenvalue weighted by Crippen LogP contribution is -2.49. The van der Waals surface area contributed by atoms with Crippen LogP contribution in [0.3, 0.4) is 0 Å². The largest absolute Gasteiger partial charge is 0.458 e. The average Bonchev–Trinajstić information content (AvgIpc) is 3.83. The zero-order valence-corrected chi connectivity index (χ0v) is 37.9. The van der Waals surface area contributed by atoms with Gasteiger partial charge >= 0.3 is 5.97 Å². The van der Waals surface area contributed by atoms with Gasteiger partial charge in [-0.15, -0.1) is 0 Å². The van der Waals surface area contributed by atoms with Gasteiger partial charge < -0.3 is 39.2 Å². The molecule has 4 aromatic heterocycles. The fraction of sp³-hybridized carbons (Fsp3) is 0.408. The van der Waals surface area contributed by atoms with E-state index in [1.54, 1.807) is 29.0 Å². The number of nitrogens with zero attached hydrogens (tertiary/aromatic N) is 4. The van der Waals surface area contributed by atoms with Crippen LogP contribution in [0.4, 0.5) is 4.39 Å². The predicted octanol–water partition coefficient (Wildman–Crippen LogP) is 4.86. The summed E-state index contributed by atoms with van der Waals surface area (Å²) in [6.07, 6.45) is -0.550. The highest BCUT2D eigenvalue weighted by atomic mass is 28.2. The Morgan fingerprint density at radius 3 is 2.31 bits per heavy atom. The summed E-state index contributed by atoms with van der Waals surface area (Å²) in [5.41, 5.74) is 5.10. The first-order chi connectivity index (χ1) is 30.5. The number of halogens is 1. The van der Waals surface area contributed by atoms with E-state index in [0.717, 1.165) is 50.3 Å². The third kappa shape index (κ3) is 5.87. The van der Waals surface area contributed by atoms with Crippen LogP contribution in [0.1, 0.15) is 109 Å². The first kappa shape index (κ1) is 41.3. The number of aliphatic hydroxyl groups is 3. The highest BCUT2D eigenvalue weighted by Gasteiger charge is 2.48. The molecule has 0 radical (unpaired) electrons. The van der Waals surface area contributed by atoms with Crippen LogP contribution in [0.5, 0.6) is 0 Å². The molecule has 0 fully saturated rings. The number of para-hydroxylation sites is 1. The number of nitrogens with one attached hydrogen (secondary N) is 1. The quantitative estimate of drug-likeness (QED) is 0.127. The van der Waals surface area contributed by atoms with E-state index in [1.807, 2.05) is 24.3 Å². The molecule has 330 valence electrons. The van der Waals surface area contributed by atoms with Crippen molar-refractivity contribution in [2.45, 2.75) is 121 Å². The maximum absolute atomic E-state index is 15.6. The summed E-state index contributed by atoms with van der Waals surface area (Å²) in [5, 5.41) is 41.2. The number of carbonyl (C=O) groups is 1. The molecule has 64 heavy (non-hydrogen) atoms. The van der Waals surface area contributed by atoms with E-state index in [-0.39, 0.29) is 72.7 Å². The summed E-state index contributed by atoms with van der Waals surface area (Å²) in [7, 11) is -0.545. The Bertz CT molecular complexity index is 3200. The molecule has 2 unspecified atom stereocenters. The summed E-state index contributed by atoms with van der Waals surface area (Å²) in [6.45, 7) is 10.5. The Morgan fingerprint density at radius 1 is 0.906 bits per heavy atom. The lowest BCUT2D eigenvalue weighted by atomic mass is 9.81. The average molecular weight is 884 g/mol. The predicted molar refractivity (Wildman–Crippen MR) is 240 cm³/mol. The summed E-state index contributed by atoms with van der Waals surface area (Å²) in [6, 6.07) is 13.6. The van der Waals surface area contributed by atoms with Crippen molar-refractivity contribution in [2.24, 2.45) is 0 Å². The van der Waals surface area contributed by atoms with Gasteiger partial charge in [-0.05, 0) is 90.7 Å². The molecule has 8 heterocycles. The van der Waals surface area contributed by atoms with Crippen LogP contribution in [-0.2, 0) is 64.2 Å². The van der Waals surface area contributed by atoms with Gasteiger partial charge in [0.25, 0.3) is 11.1 Å². The zero-order valence-electron chi connectivity index (χ0n) is 36.5. The van der Waals surface area contributed by atoms with Crippen LogP contribution >= 0.6 is 0 Å². The number of fused-ring (bicyclic) bond motifs is 10. The number of carbonyl (C=O) groups excluding carboxylic acids is 1. The number of hydrogen-bond donors (Lipinski definition) is 4. The highest BCUT2D eigenvalue weighted by molar-refractivity contribution is 6.39. The normalized spacial score (nSPS) is 23.0. The molecule has 0 saturated heterocycles. The van der Waals surface area contributed by atoms with Crippen molar-refractivity contribution >= 4 is 37.3 Å². The second-order valence-electron chi connectivity index (χ2n) is 19.5. The fourth-order valence-corrected chi connectivity index (χ4v) is 12.7. The van der Waals surface area contributed by atoms with E-state index in [2.05, 4.69) is 32.2 Å². The zero-order chi connectivity index (χ0) is 44.8. The second-order valence-corrected chi connectivity index (χ2v) is 22.6. The van der Waals surface area contributed by atoms with Crippen molar-refractivity contribution in [2.75, 3.05) is 6.54 Å². The number of aryl methyl sites for hydroxylation is 1. The summed E-state index contributed by atoms with van der Waals surface area (Å²) in [5.74, 6) is -1.21. The molecule has 5 aliphatic rings. The van der Waals surface area contributed by atoms with Crippen LogP contribution < -0.4 is 16.4 Å². The van der Waals surface area contributed by atoms with Crippen LogP contribution in [0.2, 0.25) is 5.04 Å². The van der Waals surface area contributed by atoms with Crippen molar-refractivity contribution in [3.05, 3.63) is 125 Å². The molecule has 4 atom stereocenters. The van der Waals surface area contributed by atoms with Gasteiger partial charge in [0.05, 0.1) is 59.1 Å².